The Morgan fingerprint density at radius 2 is 1.61 bits per heavy atom. The molecule has 0 atom stereocenters. The molecule has 0 amide bonds. The number of hydrogen-bond acceptors (Lipinski definition) is 7. The van der Waals surface area contributed by atoms with Gasteiger partial charge in [0.1, 0.15) is 5.75 Å². The molecule has 0 bridgehead atoms. The van der Waals surface area contributed by atoms with Crippen molar-refractivity contribution in [2.24, 2.45) is 5.10 Å². The molecule has 9 heteroatoms. The van der Waals surface area contributed by atoms with Gasteiger partial charge in [-0.15, -0.1) is 0 Å². The van der Waals surface area contributed by atoms with Gasteiger partial charge in [-0.05, 0) is 60.2 Å². The highest BCUT2D eigenvalue weighted by atomic mass is 32.2. The smallest absolute Gasteiger partial charge is 0.343 e. The minimum atomic E-state index is -3.76. The number of methoxy groups -OCH3 is 2. The maximum atomic E-state index is 12.4. The molecule has 0 radical (unpaired) electrons. The zero-order valence-corrected chi connectivity index (χ0v) is 17.6. The molecule has 0 fully saturated rings. The Bertz CT molecular complexity index is 1180. The summed E-state index contributed by atoms with van der Waals surface area (Å²) in [7, 11) is -0.796. The van der Waals surface area contributed by atoms with E-state index >= 15 is 0 Å². The molecule has 31 heavy (non-hydrogen) atoms. The largest absolute Gasteiger partial charge is 0.497 e. The van der Waals surface area contributed by atoms with Gasteiger partial charge < -0.3 is 14.2 Å². The molecule has 160 valence electrons. The molecule has 0 aliphatic heterocycles. The Morgan fingerprint density at radius 1 is 0.903 bits per heavy atom. The first-order chi connectivity index (χ1) is 14.9. The fourth-order valence-electron chi connectivity index (χ4n) is 2.56. The molecule has 0 heterocycles. The quantitative estimate of drug-likeness (QED) is 0.250. The van der Waals surface area contributed by atoms with Gasteiger partial charge in [-0.1, -0.05) is 18.2 Å². The summed E-state index contributed by atoms with van der Waals surface area (Å²) in [5.41, 5.74) is 0.890. The fraction of sp³-hybridized carbons (Fsp3) is 0.0909. The van der Waals surface area contributed by atoms with Crippen molar-refractivity contribution in [2.75, 3.05) is 14.2 Å². The number of carbonyl (C=O) groups excluding carboxylic acids is 1. The van der Waals surface area contributed by atoms with E-state index in [2.05, 4.69) is 9.93 Å². The highest BCUT2D eigenvalue weighted by molar-refractivity contribution is 7.89. The Morgan fingerprint density at radius 3 is 2.26 bits per heavy atom. The van der Waals surface area contributed by atoms with Crippen molar-refractivity contribution >= 4 is 22.2 Å². The highest BCUT2D eigenvalue weighted by Gasteiger charge is 2.14. The summed E-state index contributed by atoms with van der Waals surface area (Å²) in [4.78, 5) is 14.6. The van der Waals surface area contributed by atoms with Crippen LogP contribution in [0.1, 0.15) is 15.9 Å². The molecule has 3 rings (SSSR count). The van der Waals surface area contributed by atoms with E-state index in [9.17, 15) is 13.2 Å². The maximum absolute atomic E-state index is 12.4. The summed E-state index contributed by atoms with van der Waals surface area (Å²) in [6.07, 6.45) is 1.32. The van der Waals surface area contributed by atoms with Crippen molar-refractivity contribution in [3.8, 4) is 17.2 Å². The number of rotatable bonds is 8. The highest BCUT2D eigenvalue weighted by Crippen LogP contribution is 2.28. The van der Waals surface area contributed by atoms with Crippen LogP contribution >= 0.6 is 0 Å². The summed E-state index contributed by atoms with van der Waals surface area (Å²) < 4.78 is 40.1. The van der Waals surface area contributed by atoms with E-state index in [0.717, 1.165) is 0 Å². The van der Waals surface area contributed by atoms with Gasteiger partial charge in [0.05, 0.1) is 30.9 Å². The second-order valence-corrected chi connectivity index (χ2v) is 7.86. The van der Waals surface area contributed by atoms with Crippen LogP contribution in [0.3, 0.4) is 0 Å². The Balaban J connectivity index is 1.70. The van der Waals surface area contributed by atoms with E-state index in [0.29, 0.717) is 16.9 Å². The lowest BCUT2D eigenvalue weighted by Crippen LogP contribution is -2.18. The average Bonchev–Trinajstić information content (AvgIpc) is 2.80. The zero-order chi connectivity index (χ0) is 22.3. The lowest BCUT2D eigenvalue weighted by atomic mass is 10.2. The molecule has 0 spiro atoms. The first-order valence-corrected chi connectivity index (χ1v) is 10.6. The van der Waals surface area contributed by atoms with Crippen LogP contribution in [0.15, 0.2) is 82.8 Å². The van der Waals surface area contributed by atoms with Gasteiger partial charge in [0.15, 0.2) is 11.5 Å². The molecule has 3 aromatic carbocycles. The van der Waals surface area contributed by atoms with E-state index in [-0.39, 0.29) is 16.4 Å². The number of sulfonamides is 1. The number of hydrogen-bond donors (Lipinski definition) is 1. The van der Waals surface area contributed by atoms with Crippen molar-refractivity contribution in [1.29, 1.82) is 0 Å². The SMILES string of the molecule is COc1ccc(C(=O)Oc2ccc(/C=N/NS(=O)(=O)c3ccccc3)cc2OC)cc1. The van der Waals surface area contributed by atoms with Crippen LogP contribution < -0.4 is 19.0 Å². The molecule has 0 saturated carbocycles. The van der Waals surface area contributed by atoms with Crippen LogP contribution in [0, 0.1) is 0 Å². The van der Waals surface area contributed by atoms with Gasteiger partial charge in [-0.3, -0.25) is 0 Å². The van der Waals surface area contributed by atoms with Gasteiger partial charge in [-0.2, -0.15) is 13.5 Å². The molecular weight excluding hydrogens is 420 g/mol. The molecule has 0 saturated heterocycles. The summed E-state index contributed by atoms with van der Waals surface area (Å²) >= 11 is 0. The van der Waals surface area contributed by atoms with Crippen LogP contribution in [0.5, 0.6) is 17.2 Å². The predicted octanol–water partition coefficient (Wildman–Crippen LogP) is 3.24. The van der Waals surface area contributed by atoms with Gasteiger partial charge in [0.25, 0.3) is 10.0 Å². The lowest BCUT2D eigenvalue weighted by molar-refractivity contribution is 0.0729. The van der Waals surface area contributed by atoms with E-state index in [1.165, 1.54) is 38.6 Å². The van der Waals surface area contributed by atoms with Crippen LogP contribution in [0.2, 0.25) is 0 Å². The van der Waals surface area contributed by atoms with Gasteiger partial charge in [0.2, 0.25) is 0 Å². The maximum Gasteiger partial charge on any atom is 0.343 e. The number of benzene rings is 3. The van der Waals surface area contributed by atoms with E-state index in [1.807, 2.05) is 0 Å². The summed E-state index contributed by atoms with van der Waals surface area (Å²) in [5, 5.41) is 3.78. The number of nitrogens with zero attached hydrogens (tertiary/aromatic N) is 1. The number of esters is 1. The van der Waals surface area contributed by atoms with E-state index in [4.69, 9.17) is 14.2 Å². The topological polar surface area (TPSA) is 103 Å². The zero-order valence-electron chi connectivity index (χ0n) is 16.8. The van der Waals surface area contributed by atoms with E-state index < -0.39 is 16.0 Å². The summed E-state index contributed by atoms with van der Waals surface area (Å²) in [5.74, 6) is 0.570. The molecular formula is C22H20N2O6S. The first-order valence-electron chi connectivity index (χ1n) is 9.07. The molecule has 8 nitrogen and oxygen atoms in total. The van der Waals surface area contributed by atoms with Crippen molar-refractivity contribution in [3.05, 3.63) is 83.9 Å². The number of hydrazone groups is 1. The third-order valence-electron chi connectivity index (χ3n) is 4.16. The van der Waals surface area contributed by atoms with Crippen molar-refractivity contribution in [2.45, 2.75) is 4.90 Å². The second kappa shape index (κ2) is 9.77. The van der Waals surface area contributed by atoms with Gasteiger partial charge in [-0.25, -0.2) is 9.63 Å². The summed E-state index contributed by atoms with van der Waals surface area (Å²) in [6.45, 7) is 0. The molecule has 0 aliphatic carbocycles. The standard InChI is InChI=1S/C22H20N2O6S/c1-28-18-11-9-17(10-12-18)22(25)30-20-13-8-16(14-21(20)29-2)15-23-24-31(26,27)19-6-4-3-5-7-19/h3-15,24H,1-2H3/b23-15+. The van der Waals surface area contributed by atoms with Gasteiger partial charge >= 0.3 is 5.97 Å². The average molecular weight is 440 g/mol. The molecule has 0 aliphatic rings. The van der Waals surface area contributed by atoms with Gasteiger partial charge in [0, 0.05) is 0 Å². The second-order valence-electron chi connectivity index (χ2n) is 6.19. The normalized spacial score (nSPS) is 11.2. The number of nitrogens with one attached hydrogen (secondary N) is 1. The molecule has 3 aromatic rings. The minimum Gasteiger partial charge on any atom is -0.497 e. The predicted molar refractivity (Wildman–Crippen MR) is 115 cm³/mol. The van der Waals surface area contributed by atoms with Crippen molar-refractivity contribution < 1.29 is 27.4 Å². The van der Waals surface area contributed by atoms with Crippen LogP contribution in [-0.2, 0) is 10.0 Å². The Labute approximate surface area is 180 Å². The minimum absolute atomic E-state index is 0.102. The Hall–Kier alpha value is -3.85. The molecule has 0 unspecified atom stereocenters. The van der Waals surface area contributed by atoms with Crippen molar-refractivity contribution in [3.63, 3.8) is 0 Å². The fourth-order valence-corrected chi connectivity index (χ4v) is 3.37. The lowest BCUT2D eigenvalue weighted by Gasteiger charge is -2.10. The monoisotopic (exact) mass is 440 g/mol. The Kier molecular flexibility index (Phi) is 6.88. The van der Waals surface area contributed by atoms with Crippen LogP contribution in [-0.4, -0.2) is 34.8 Å². The van der Waals surface area contributed by atoms with Crippen LogP contribution in [0.25, 0.3) is 0 Å². The van der Waals surface area contributed by atoms with Crippen molar-refractivity contribution in [1.82, 2.24) is 4.83 Å². The molecule has 1 N–H and O–H groups in total. The van der Waals surface area contributed by atoms with Crippen LogP contribution in [0.4, 0.5) is 0 Å². The third-order valence-corrected chi connectivity index (χ3v) is 5.39. The van der Waals surface area contributed by atoms with E-state index in [1.54, 1.807) is 54.6 Å². The number of carbonyl (C=O) groups is 1. The molecule has 0 aromatic heterocycles. The first kappa shape index (κ1) is 21.8. The number of ether oxygens (including phenoxy) is 3. The summed E-state index contributed by atoms with van der Waals surface area (Å²) in [6, 6.07) is 19.1. The third kappa shape index (κ3) is 5.61.